The van der Waals surface area contributed by atoms with E-state index in [0.717, 1.165) is 24.0 Å². The van der Waals surface area contributed by atoms with Crippen LogP contribution in [0.15, 0.2) is 36.4 Å². The van der Waals surface area contributed by atoms with E-state index in [-0.39, 0.29) is 18.6 Å². The smallest absolute Gasteiger partial charge is 0.303 e. The normalized spacial score (nSPS) is 10.9. The summed E-state index contributed by atoms with van der Waals surface area (Å²) in [6.07, 6.45) is 11.8. The van der Waals surface area contributed by atoms with Gasteiger partial charge >= 0.3 is 11.9 Å². The van der Waals surface area contributed by atoms with Crippen molar-refractivity contribution in [3.63, 3.8) is 0 Å². The molecule has 0 aliphatic heterocycles. The first kappa shape index (κ1) is 28.2. The van der Waals surface area contributed by atoms with E-state index in [9.17, 15) is 14.7 Å². The van der Waals surface area contributed by atoms with Gasteiger partial charge in [-0.15, -0.1) is 0 Å². The number of phenols is 1. The maximum absolute atomic E-state index is 11.0. The van der Waals surface area contributed by atoms with Crippen molar-refractivity contribution < 1.29 is 29.6 Å². The highest BCUT2D eigenvalue weighted by Crippen LogP contribution is 2.38. The maximum atomic E-state index is 11.0. The predicted molar refractivity (Wildman–Crippen MR) is 138 cm³/mol. The zero-order chi connectivity index (χ0) is 25.5. The van der Waals surface area contributed by atoms with Gasteiger partial charge in [0.05, 0.1) is 6.61 Å². The first-order valence-electron chi connectivity index (χ1n) is 12.9. The van der Waals surface area contributed by atoms with Crippen LogP contribution in [0.1, 0.15) is 88.7 Å². The van der Waals surface area contributed by atoms with E-state index in [1.807, 2.05) is 18.2 Å². The summed E-state index contributed by atoms with van der Waals surface area (Å²) in [6, 6.07) is 10.6. The lowest BCUT2D eigenvalue weighted by molar-refractivity contribution is -0.138. The molecule has 0 atom stereocenters. The van der Waals surface area contributed by atoms with E-state index >= 15 is 0 Å². The molecule has 0 unspecified atom stereocenters. The highest BCUT2D eigenvalue weighted by atomic mass is 16.5. The third-order valence-electron chi connectivity index (χ3n) is 6.16. The zero-order valence-electron chi connectivity index (χ0n) is 20.9. The molecule has 0 aliphatic rings. The number of carboxylic acids is 2. The summed E-state index contributed by atoms with van der Waals surface area (Å²) < 4.78 is 6.10. The molecule has 0 saturated carbocycles. The quantitative estimate of drug-likeness (QED) is 0.197. The molecule has 0 amide bonds. The Bertz CT molecular complexity index is 937. The number of unbranched alkanes of at least 4 members (excludes halogenated alkanes) is 8. The topological polar surface area (TPSA) is 104 Å². The second kappa shape index (κ2) is 15.8. The fraction of sp³-hybridized carbons (Fsp3) is 0.517. The third kappa shape index (κ3) is 10.8. The number of hydrogen-bond donors (Lipinski definition) is 3. The standard InChI is InChI=1S/C29H40O6/c1-2-3-4-5-6-7-8-9-10-19-35-27-16-12-23(14-18-29(33)34)21-25(27)24-20-22(11-15-26(24)30)13-17-28(31)32/h11-12,15-16,20-21,30H,2-10,13-14,17-19H2,1H3,(H,31,32)(H,33,34). The van der Waals surface area contributed by atoms with Crippen LogP contribution in [0.4, 0.5) is 0 Å². The molecule has 2 aromatic carbocycles. The number of aliphatic carboxylic acids is 2. The molecule has 3 N–H and O–H groups in total. The largest absolute Gasteiger partial charge is 0.507 e. The van der Waals surface area contributed by atoms with Crippen molar-refractivity contribution in [2.75, 3.05) is 6.61 Å². The fourth-order valence-corrected chi connectivity index (χ4v) is 4.12. The Labute approximate surface area is 209 Å². The number of hydrogen-bond acceptors (Lipinski definition) is 4. The Morgan fingerprint density at radius 1 is 0.714 bits per heavy atom. The number of rotatable bonds is 18. The van der Waals surface area contributed by atoms with Gasteiger partial charge in [-0.25, -0.2) is 0 Å². The molecule has 0 bridgehead atoms. The lowest BCUT2D eigenvalue weighted by Crippen LogP contribution is -2.02. The molecule has 2 rings (SSSR count). The van der Waals surface area contributed by atoms with Crippen molar-refractivity contribution in [1.29, 1.82) is 0 Å². The van der Waals surface area contributed by atoms with Gasteiger partial charge in [0, 0.05) is 24.0 Å². The second-order valence-electron chi connectivity index (χ2n) is 9.15. The van der Waals surface area contributed by atoms with Crippen LogP contribution >= 0.6 is 0 Å². The zero-order valence-corrected chi connectivity index (χ0v) is 20.9. The average molecular weight is 485 g/mol. The van der Waals surface area contributed by atoms with Gasteiger partial charge in [0.1, 0.15) is 11.5 Å². The number of aryl methyl sites for hydroxylation is 2. The summed E-state index contributed by atoms with van der Waals surface area (Å²) >= 11 is 0. The summed E-state index contributed by atoms with van der Waals surface area (Å²) in [4.78, 5) is 22.0. The predicted octanol–water partition coefficient (Wildman–Crippen LogP) is 7.00. The molecule has 0 radical (unpaired) electrons. The monoisotopic (exact) mass is 484 g/mol. The lowest BCUT2D eigenvalue weighted by Gasteiger charge is -2.15. The lowest BCUT2D eigenvalue weighted by atomic mass is 9.96. The molecular weight excluding hydrogens is 444 g/mol. The van der Waals surface area contributed by atoms with Gasteiger partial charge in [0.2, 0.25) is 0 Å². The Morgan fingerprint density at radius 3 is 1.80 bits per heavy atom. The molecule has 0 spiro atoms. The van der Waals surface area contributed by atoms with Crippen LogP contribution in [0.3, 0.4) is 0 Å². The van der Waals surface area contributed by atoms with Crippen LogP contribution in [0, 0.1) is 0 Å². The molecule has 0 aromatic heterocycles. The van der Waals surface area contributed by atoms with E-state index in [1.54, 1.807) is 18.2 Å². The van der Waals surface area contributed by atoms with Gasteiger partial charge in [0.25, 0.3) is 0 Å². The number of carboxylic acid groups (broad SMARTS) is 2. The van der Waals surface area contributed by atoms with E-state index in [0.29, 0.717) is 36.3 Å². The van der Waals surface area contributed by atoms with Crippen LogP contribution in [-0.4, -0.2) is 33.9 Å². The SMILES string of the molecule is CCCCCCCCCCCOc1ccc(CCC(=O)O)cc1-c1cc(CCC(=O)O)ccc1O. The summed E-state index contributed by atoms with van der Waals surface area (Å²) in [7, 11) is 0. The minimum Gasteiger partial charge on any atom is -0.507 e. The van der Waals surface area contributed by atoms with Gasteiger partial charge in [-0.1, -0.05) is 70.4 Å². The van der Waals surface area contributed by atoms with Crippen LogP contribution in [0.5, 0.6) is 11.5 Å². The minimum absolute atomic E-state index is 0.00479. The molecule has 192 valence electrons. The Morgan fingerprint density at radius 2 is 1.23 bits per heavy atom. The first-order valence-corrected chi connectivity index (χ1v) is 12.9. The first-order chi connectivity index (χ1) is 16.9. The molecule has 0 saturated heterocycles. The highest BCUT2D eigenvalue weighted by molar-refractivity contribution is 5.77. The number of aromatic hydroxyl groups is 1. The van der Waals surface area contributed by atoms with E-state index in [4.69, 9.17) is 14.9 Å². The second-order valence-corrected chi connectivity index (χ2v) is 9.15. The van der Waals surface area contributed by atoms with Crippen molar-refractivity contribution >= 4 is 11.9 Å². The Balaban J connectivity index is 2.06. The number of phenolic OH excluding ortho intramolecular Hbond substituents is 1. The average Bonchev–Trinajstić information content (AvgIpc) is 2.83. The van der Waals surface area contributed by atoms with Crippen molar-refractivity contribution in [2.24, 2.45) is 0 Å². The number of carbonyl (C=O) groups is 2. The molecular formula is C29H40O6. The van der Waals surface area contributed by atoms with E-state index in [2.05, 4.69) is 6.92 Å². The van der Waals surface area contributed by atoms with Crippen LogP contribution in [0.25, 0.3) is 11.1 Å². The molecule has 0 fully saturated rings. The molecule has 0 aliphatic carbocycles. The molecule has 6 heteroatoms. The van der Waals surface area contributed by atoms with Crippen LogP contribution in [-0.2, 0) is 22.4 Å². The van der Waals surface area contributed by atoms with E-state index in [1.165, 1.54) is 44.9 Å². The van der Waals surface area contributed by atoms with E-state index < -0.39 is 11.9 Å². The van der Waals surface area contributed by atoms with Crippen molar-refractivity contribution in [3.8, 4) is 22.6 Å². The van der Waals surface area contributed by atoms with Gasteiger partial charge in [-0.05, 0) is 54.7 Å². The van der Waals surface area contributed by atoms with Crippen molar-refractivity contribution in [1.82, 2.24) is 0 Å². The highest BCUT2D eigenvalue weighted by Gasteiger charge is 2.14. The molecule has 6 nitrogen and oxygen atoms in total. The maximum Gasteiger partial charge on any atom is 0.303 e. The van der Waals surface area contributed by atoms with Gasteiger partial charge in [-0.3, -0.25) is 9.59 Å². The third-order valence-corrected chi connectivity index (χ3v) is 6.16. The summed E-state index contributed by atoms with van der Waals surface area (Å²) in [5.74, 6) is -1.03. The number of benzene rings is 2. The fourth-order valence-electron chi connectivity index (χ4n) is 4.12. The molecule has 35 heavy (non-hydrogen) atoms. The van der Waals surface area contributed by atoms with Crippen molar-refractivity contribution in [3.05, 3.63) is 47.5 Å². The summed E-state index contributed by atoms with van der Waals surface area (Å²) in [6.45, 7) is 2.79. The number of ether oxygens (including phenoxy) is 1. The Kier molecular flexibility index (Phi) is 12.7. The van der Waals surface area contributed by atoms with Gasteiger partial charge in [-0.2, -0.15) is 0 Å². The molecule has 0 heterocycles. The minimum atomic E-state index is -0.875. The van der Waals surface area contributed by atoms with Gasteiger partial charge < -0.3 is 20.1 Å². The Hall–Kier alpha value is -3.02. The summed E-state index contributed by atoms with van der Waals surface area (Å²) in [5, 5.41) is 28.6. The van der Waals surface area contributed by atoms with Crippen LogP contribution in [0.2, 0.25) is 0 Å². The van der Waals surface area contributed by atoms with Crippen molar-refractivity contribution in [2.45, 2.75) is 90.4 Å². The summed E-state index contributed by atoms with van der Waals surface area (Å²) in [5.41, 5.74) is 2.90. The van der Waals surface area contributed by atoms with Gasteiger partial charge in [0.15, 0.2) is 0 Å². The van der Waals surface area contributed by atoms with Crippen LogP contribution < -0.4 is 4.74 Å². The molecule has 2 aromatic rings.